The maximum absolute atomic E-state index is 13.2. The van der Waals surface area contributed by atoms with Crippen LogP contribution < -0.4 is 19.1 Å². The number of nitrogens with zero attached hydrogens (tertiary/aromatic N) is 2. The second kappa shape index (κ2) is 8.13. The summed E-state index contributed by atoms with van der Waals surface area (Å²) < 4.78 is 40.0. The van der Waals surface area contributed by atoms with E-state index in [-0.39, 0.29) is 16.2 Å². The molecular weight excluding hydrogens is 442 g/mol. The van der Waals surface area contributed by atoms with E-state index in [1.165, 1.54) is 0 Å². The maximum Gasteiger partial charge on any atom is 0.261 e. The lowest BCUT2D eigenvalue weighted by atomic mass is 9.87. The summed E-state index contributed by atoms with van der Waals surface area (Å²) in [5, 5.41) is 0. The van der Waals surface area contributed by atoms with Crippen molar-refractivity contribution >= 4 is 27.3 Å². The molecular formula is C24H29N3O5S. The minimum Gasteiger partial charge on any atom is -0.486 e. The van der Waals surface area contributed by atoms with Crippen LogP contribution >= 0.6 is 0 Å². The number of amides is 1. The number of carbonyl (C=O) groups excluding carboxylic acids is 1. The van der Waals surface area contributed by atoms with Crippen molar-refractivity contribution in [1.82, 2.24) is 4.90 Å². The molecule has 3 heterocycles. The van der Waals surface area contributed by atoms with Gasteiger partial charge in [0.2, 0.25) is 5.91 Å². The van der Waals surface area contributed by atoms with Crippen molar-refractivity contribution in [3.63, 3.8) is 0 Å². The van der Waals surface area contributed by atoms with Crippen LogP contribution in [0.5, 0.6) is 11.5 Å². The Kier molecular flexibility index (Phi) is 5.39. The number of anilines is 2. The average Bonchev–Trinajstić information content (AvgIpc) is 3.40. The molecule has 0 saturated carbocycles. The number of fused-ring (bicyclic) bond motifs is 2. The van der Waals surface area contributed by atoms with Gasteiger partial charge in [-0.25, -0.2) is 8.42 Å². The summed E-state index contributed by atoms with van der Waals surface area (Å²) >= 11 is 0. The van der Waals surface area contributed by atoms with E-state index >= 15 is 0 Å². The first-order valence-electron chi connectivity index (χ1n) is 11.3. The Bertz CT molecular complexity index is 1190. The molecule has 1 fully saturated rings. The van der Waals surface area contributed by atoms with Gasteiger partial charge in [-0.15, -0.1) is 0 Å². The molecule has 0 aromatic heterocycles. The third kappa shape index (κ3) is 4.21. The van der Waals surface area contributed by atoms with Gasteiger partial charge in [-0.3, -0.25) is 9.52 Å². The molecule has 1 amide bonds. The summed E-state index contributed by atoms with van der Waals surface area (Å²) in [7, 11) is -3.81. The summed E-state index contributed by atoms with van der Waals surface area (Å²) in [6.45, 7) is 7.70. The van der Waals surface area contributed by atoms with Crippen LogP contribution in [0.25, 0.3) is 0 Å². The van der Waals surface area contributed by atoms with Crippen LogP contribution in [-0.2, 0) is 20.2 Å². The highest BCUT2D eigenvalue weighted by Crippen LogP contribution is 2.42. The van der Waals surface area contributed by atoms with E-state index in [1.54, 1.807) is 30.3 Å². The molecule has 2 aromatic rings. The van der Waals surface area contributed by atoms with E-state index in [9.17, 15) is 13.2 Å². The molecule has 5 rings (SSSR count). The lowest BCUT2D eigenvalue weighted by molar-refractivity contribution is -0.128. The summed E-state index contributed by atoms with van der Waals surface area (Å²) in [5.41, 5.74) is 1.99. The lowest BCUT2D eigenvalue weighted by Gasteiger charge is -2.24. The fourth-order valence-corrected chi connectivity index (χ4v) is 5.91. The molecule has 3 aliphatic heterocycles. The van der Waals surface area contributed by atoms with Crippen molar-refractivity contribution in [2.45, 2.75) is 37.0 Å². The first kappa shape index (κ1) is 21.9. The Morgan fingerprint density at radius 1 is 1.03 bits per heavy atom. The van der Waals surface area contributed by atoms with E-state index in [0.717, 1.165) is 37.2 Å². The van der Waals surface area contributed by atoms with E-state index in [4.69, 9.17) is 9.47 Å². The highest BCUT2D eigenvalue weighted by Gasteiger charge is 2.37. The van der Waals surface area contributed by atoms with E-state index in [0.29, 0.717) is 43.5 Å². The quantitative estimate of drug-likeness (QED) is 0.721. The molecule has 3 aliphatic rings. The van der Waals surface area contributed by atoms with Gasteiger partial charge < -0.3 is 19.3 Å². The SMILES string of the molecule is CC1(C)CN(CC(=O)N2CCCC2)c2ccc(S(=O)(=O)Nc3ccc4c(c3)OCCO4)cc21. The van der Waals surface area contributed by atoms with Gasteiger partial charge in [-0.2, -0.15) is 0 Å². The zero-order chi connectivity index (χ0) is 23.2. The second-order valence-electron chi connectivity index (χ2n) is 9.47. The Balaban J connectivity index is 1.38. The first-order chi connectivity index (χ1) is 15.7. The molecule has 9 heteroatoms. The lowest BCUT2D eigenvalue weighted by Crippen LogP contribution is -2.40. The number of ether oxygens (including phenoxy) is 2. The topological polar surface area (TPSA) is 88.2 Å². The minimum atomic E-state index is -3.81. The van der Waals surface area contributed by atoms with Crippen LogP contribution in [0, 0.1) is 0 Å². The van der Waals surface area contributed by atoms with Crippen LogP contribution in [0.1, 0.15) is 32.3 Å². The van der Waals surface area contributed by atoms with Gasteiger partial charge in [0.05, 0.1) is 17.1 Å². The van der Waals surface area contributed by atoms with E-state index in [1.807, 2.05) is 11.0 Å². The average molecular weight is 472 g/mol. The Hall–Kier alpha value is -2.94. The normalized spacial score (nSPS) is 18.8. The van der Waals surface area contributed by atoms with Gasteiger partial charge >= 0.3 is 0 Å². The van der Waals surface area contributed by atoms with Crippen LogP contribution in [0.4, 0.5) is 11.4 Å². The number of likely N-dealkylation sites (tertiary alicyclic amines) is 1. The molecule has 0 unspecified atom stereocenters. The van der Waals surface area contributed by atoms with Crippen LogP contribution in [0.15, 0.2) is 41.3 Å². The predicted molar refractivity (Wildman–Crippen MR) is 126 cm³/mol. The fraction of sp³-hybridized carbons (Fsp3) is 0.458. The number of sulfonamides is 1. The van der Waals surface area contributed by atoms with Crippen molar-refractivity contribution in [2.24, 2.45) is 0 Å². The molecule has 0 bridgehead atoms. The van der Waals surface area contributed by atoms with Gasteiger partial charge in [-0.1, -0.05) is 13.8 Å². The third-order valence-electron chi connectivity index (χ3n) is 6.51. The highest BCUT2D eigenvalue weighted by atomic mass is 32.2. The van der Waals surface area contributed by atoms with Crippen molar-refractivity contribution < 1.29 is 22.7 Å². The number of hydrogen-bond donors (Lipinski definition) is 1. The Morgan fingerprint density at radius 3 is 2.52 bits per heavy atom. The summed E-state index contributed by atoms with van der Waals surface area (Å²) in [5.74, 6) is 1.26. The molecule has 0 radical (unpaired) electrons. The van der Waals surface area contributed by atoms with Gasteiger partial charge in [-0.05, 0) is 48.7 Å². The number of hydrogen-bond acceptors (Lipinski definition) is 6. The molecule has 0 atom stereocenters. The molecule has 1 saturated heterocycles. The van der Waals surface area contributed by atoms with Gasteiger partial charge in [0.1, 0.15) is 13.2 Å². The van der Waals surface area contributed by atoms with Crippen molar-refractivity contribution in [3.05, 3.63) is 42.0 Å². The Morgan fingerprint density at radius 2 is 1.76 bits per heavy atom. The van der Waals surface area contributed by atoms with Crippen LogP contribution in [0.2, 0.25) is 0 Å². The van der Waals surface area contributed by atoms with E-state index in [2.05, 4.69) is 23.5 Å². The highest BCUT2D eigenvalue weighted by molar-refractivity contribution is 7.92. The largest absolute Gasteiger partial charge is 0.486 e. The summed E-state index contributed by atoms with van der Waals surface area (Å²) in [6.07, 6.45) is 2.12. The number of carbonyl (C=O) groups is 1. The first-order valence-corrected chi connectivity index (χ1v) is 12.8. The molecule has 0 spiro atoms. The van der Waals surface area contributed by atoms with Gasteiger partial charge in [0.25, 0.3) is 10.0 Å². The van der Waals surface area contributed by atoms with Gasteiger partial charge in [0.15, 0.2) is 11.5 Å². The summed E-state index contributed by atoms with van der Waals surface area (Å²) in [4.78, 5) is 16.9. The zero-order valence-corrected chi connectivity index (χ0v) is 19.8. The molecule has 8 nitrogen and oxygen atoms in total. The van der Waals surface area contributed by atoms with Crippen molar-refractivity contribution in [2.75, 3.05) is 49.0 Å². The molecule has 1 N–H and O–H groups in total. The van der Waals surface area contributed by atoms with E-state index < -0.39 is 10.0 Å². The zero-order valence-electron chi connectivity index (χ0n) is 19.0. The number of benzene rings is 2. The summed E-state index contributed by atoms with van der Waals surface area (Å²) in [6, 6.07) is 10.2. The predicted octanol–water partition coefficient (Wildman–Crippen LogP) is 2.98. The number of nitrogens with one attached hydrogen (secondary N) is 1. The fourth-order valence-electron chi connectivity index (χ4n) is 4.84. The maximum atomic E-state index is 13.2. The standard InChI is InChI=1S/C24H29N3O5S/c1-24(2)16-27(15-23(28)26-9-3-4-10-26)20-7-6-18(14-19(20)24)33(29,30)25-17-5-8-21-22(13-17)32-12-11-31-21/h5-8,13-14,25H,3-4,9-12,15-16H2,1-2H3. The van der Waals surface area contributed by atoms with Crippen LogP contribution in [-0.4, -0.2) is 58.6 Å². The molecule has 0 aliphatic carbocycles. The smallest absolute Gasteiger partial charge is 0.261 e. The van der Waals surface area contributed by atoms with Gasteiger partial charge in [0, 0.05) is 36.8 Å². The van der Waals surface area contributed by atoms with Crippen molar-refractivity contribution in [3.8, 4) is 11.5 Å². The molecule has 2 aromatic carbocycles. The monoisotopic (exact) mass is 471 g/mol. The number of rotatable bonds is 5. The van der Waals surface area contributed by atoms with Crippen LogP contribution in [0.3, 0.4) is 0 Å². The second-order valence-corrected chi connectivity index (χ2v) is 11.2. The third-order valence-corrected chi connectivity index (χ3v) is 7.89. The minimum absolute atomic E-state index is 0.133. The Labute approximate surface area is 194 Å². The molecule has 176 valence electrons. The molecule has 33 heavy (non-hydrogen) atoms. The van der Waals surface area contributed by atoms with Crippen molar-refractivity contribution in [1.29, 1.82) is 0 Å².